The minimum atomic E-state index is -0.899. The molecule has 2 amide bonds. The molecule has 0 radical (unpaired) electrons. The first kappa shape index (κ1) is 30.0. The maximum atomic E-state index is 14.0. The van der Waals surface area contributed by atoms with Gasteiger partial charge in [-0.1, -0.05) is 54.1 Å². The van der Waals surface area contributed by atoms with E-state index in [4.69, 9.17) is 26.1 Å². The van der Waals surface area contributed by atoms with E-state index < -0.39 is 23.7 Å². The molecule has 216 valence electrons. The number of ether oxygens (including phenoxy) is 2. The lowest BCUT2D eigenvalue weighted by Gasteiger charge is -2.32. The molecule has 0 aromatic heterocycles. The first-order valence-corrected chi connectivity index (χ1v) is 14.1. The van der Waals surface area contributed by atoms with Gasteiger partial charge in [0.05, 0.1) is 25.4 Å². The lowest BCUT2D eigenvalue weighted by Crippen LogP contribution is -2.58. The van der Waals surface area contributed by atoms with Gasteiger partial charge in [-0.25, -0.2) is 4.99 Å². The molecule has 40 heavy (non-hydrogen) atoms. The first-order chi connectivity index (χ1) is 19.2. The number of nitrogens with zero attached hydrogens (tertiary/aromatic N) is 2. The minimum absolute atomic E-state index is 0.200. The molecule has 0 spiro atoms. The van der Waals surface area contributed by atoms with Crippen LogP contribution in [0.15, 0.2) is 59.6 Å². The van der Waals surface area contributed by atoms with Crippen LogP contribution >= 0.6 is 11.6 Å². The number of halogens is 1. The zero-order valence-corrected chi connectivity index (χ0v) is 24.1. The highest BCUT2D eigenvalue weighted by Crippen LogP contribution is 2.30. The van der Waals surface area contributed by atoms with Gasteiger partial charge in [-0.05, 0) is 57.0 Å². The third-order valence-corrected chi connectivity index (χ3v) is 7.82. The van der Waals surface area contributed by atoms with Crippen LogP contribution < -0.4 is 10.6 Å². The topological polar surface area (TPSA) is 112 Å². The highest BCUT2D eigenvalue weighted by molar-refractivity contribution is 6.30. The normalized spacial score (nSPS) is 22.8. The summed E-state index contributed by atoms with van der Waals surface area (Å²) in [6.45, 7) is 4.36. The molecule has 0 aliphatic carbocycles. The highest BCUT2D eigenvalue weighted by atomic mass is 35.5. The maximum Gasteiger partial charge on any atom is 0.248 e. The molecule has 5 atom stereocenters. The Morgan fingerprint density at radius 3 is 2.65 bits per heavy atom. The molecule has 1 saturated heterocycles. The molecule has 4 rings (SSSR count). The molecule has 2 aliphatic rings. The van der Waals surface area contributed by atoms with E-state index in [0.717, 1.165) is 17.5 Å². The first-order valence-electron chi connectivity index (χ1n) is 13.8. The van der Waals surface area contributed by atoms with E-state index >= 15 is 0 Å². The van der Waals surface area contributed by atoms with Crippen molar-refractivity contribution in [3.8, 4) is 0 Å². The van der Waals surface area contributed by atoms with Crippen LogP contribution in [-0.4, -0.2) is 84.3 Å². The molecule has 2 aromatic carbocycles. The summed E-state index contributed by atoms with van der Waals surface area (Å²) in [4.78, 5) is 33.4. The standard InChI is InChI=1S/C30H39ClN4O5/c1-20(32-3)27(37)33-26(21(2)39-17-22-9-5-4-6-10-22)29(38)35-14-8-13-25(35)28-34-30(18-36,19-40-28)16-23-11-7-12-24(31)15-23/h4-7,9-12,15,20-21,25-26,32,36H,8,13-14,16-19H2,1-3H3,(H,33,37)/t20?,21-,25?,26+,30+/m1/s1. The van der Waals surface area contributed by atoms with Gasteiger partial charge in [-0.2, -0.15) is 0 Å². The van der Waals surface area contributed by atoms with Gasteiger partial charge < -0.3 is 30.1 Å². The number of aliphatic hydroxyl groups is 1. The second kappa shape index (κ2) is 13.6. The van der Waals surface area contributed by atoms with Crippen molar-refractivity contribution in [3.05, 3.63) is 70.7 Å². The van der Waals surface area contributed by atoms with Crippen LogP contribution in [0, 0.1) is 0 Å². The molecular formula is C30H39ClN4O5. The van der Waals surface area contributed by atoms with E-state index in [9.17, 15) is 14.7 Å². The molecule has 2 unspecified atom stereocenters. The fourth-order valence-electron chi connectivity index (χ4n) is 5.08. The third kappa shape index (κ3) is 7.20. The van der Waals surface area contributed by atoms with Gasteiger partial charge in [0.15, 0.2) is 0 Å². The van der Waals surface area contributed by atoms with Crippen LogP contribution in [0.1, 0.15) is 37.8 Å². The summed E-state index contributed by atoms with van der Waals surface area (Å²) in [6, 6.07) is 15.4. The number of hydrogen-bond acceptors (Lipinski definition) is 7. The third-order valence-electron chi connectivity index (χ3n) is 7.59. The summed E-state index contributed by atoms with van der Waals surface area (Å²) in [5.74, 6) is -0.0992. The van der Waals surface area contributed by atoms with Crippen LogP contribution in [0.3, 0.4) is 0 Å². The quantitative estimate of drug-likeness (QED) is 0.362. The van der Waals surface area contributed by atoms with Crippen molar-refractivity contribution >= 4 is 29.3 Å². The van der Waals surface area contributed by atoms with Gasteiger partial charge in [0.25, 0.3) is 0 Å². The molecule has 0 bridgehead atoms. The fraction of sp³-hybridized carbons (Fsp3) is 0.500. The Balaban J connectivity index is 1.52. The second-order valence-electron chi connectivity index (χ2n) is 10.6. The van der Waals surface area contributed by atoms with E-state index in [2.05, 4.69) is 10.6 Å². The molecular weight excluding hydrogens is 532 g/mol. The summed E-state index contributed by atoms with van der Waals surface area (Å²) in [6.07, 6.45) is 1.31. The molecule has 3 N–H and O–H groups in total. The summed E-state index contributed by atoms with van der Waals surface area (Å²) < 4.78 is 12.1. The van der Waals surface area contributed by atoms with Crippen molar-refractivity contribution in [1.29, 1.82) is 0 Å². The lowest BCUT2D eigenvalue weighted by atomic mass is 9.93. The largest absolute Gasteiger partial charge is 0.477 e. The SMILES string of the molecule is CNC(C)C(=O)N[C@H](C(=O)N1CCCC1C1=N[C@](CO)(Cc2cccc(Cl)c2)CO1)[C@@H](C)OCc1ccccc1. The number of nitrogens with one attached hydrogen (secondary N) is 2. The summed E-state index contributed by atoms with van der Waals surface area (Å²) in [5.41, 5.74) is 1.07. The van der Waals surface area contributed by atoms with Crippen molar-refractivity contribution in [1.82, 2.24) is 15.5 Å². The maximum absolute atomic E-state index is 14.0. The molecule has 2 aromatic rings. The molecule has 2 heterocycles. The van der Waals surface area contributed by atoms with Crippen LogP contribution in [-0.2, 0) is 32.1 Å². The van der Waals surface area contributed by atoms with Gasteiger partial charge in [0.1, 0.15) is 24.2 Å². The average Bonchev–Trinajstić information content (AvgIpc) is 3.62. The van der Waals surface area contributed by atoms with Crippen molar-refractivity contribution < 1.29 is 24.2 Å². The molecule has 2 aliphatic heterocycles. The molecule has 0 saturated carbocycles. The predicted molar refractivity (Wildman–Crippen MR) is 154 cm³/mol. The average molecular weight is 571 g/mol. The summed E-state index contributed by atoms with van der Waals surface area (Å²) >= 11 is 6.16. The van der Waals surface area contributed by atoms with Gasteiger partial charge in [0, 0.05) is 18.0 Å². The molecule has 1 fully saturated rings. The Bertz CT molecular complexity index is 1200. The van der Waals surface area contributed by atoms with Gasteiger partial charge in [-0.3, -0.25) is 9.59 Å². The van der Waals surface area contributed by atoms with Crippen LogP contribution in [0.25, 0.3) is 0 Å². The van der Waals surface area contributed by atoms with Crippen LogP contribution in [0.5, 0.6) is 0 Å². The zero-order valence-electron chi connectivity index (χ0n) is 23.3. The minimum Gasteiger partial charge on any atom is -0.477 e. The zero-order chi connectivity index (χ0) is 28.7. The van der Waals surface area contributed by atoms with Gasteiger partial charge in [-0.15, -0.1) is 0 Å². The number of rotatable bonds is 12. The number of aliphatic imine (C=N–C) groups is 1. The second-order valence-corrected chi connectivity index (χ2v) is 11.1. The van der Waals surface area contributed by atoms with E-state index in [1.807, 2.05) is 48.5 Å². The number of likely N-dealkylation sites (tertiary alicyclic amines) is 1. The number of carbonyl (C=O) groups is 2. The monoisotopic (exact) mass is 570 g/mol. The van der Waals surface area contributed by atoms with E-state index in [-0.39, 0.29) is 31.1 Å². The fourth-order valence-corrected chi connectivity index (χ4v) is 5.30. The van der Waals surface area contributed by atoms with Crippen molar-refractivity contribution in [2.75, 3.05) is 26.8 Å². The van der Waals surface area contributed by atoms with Gasteiger partial charge >= 0.3 is 0 Å². The number of benzene rings is 2. The van der Waals surface area contributed by atoms with Crippen molar-refractivity contribution in [3.63, 3.8) is 0 Å². The lowest BCUT2D eigenvalue weighted by molar-refractivity contribution is -0.141. The smallest absolute Gasteiger partial charge is 0.248 e. The Morgan fingerprint density at radius 2 is 1.95 bits per heavy atom. The van der Waals surface area contributed by atoms with E-state index in [1.165, 1.54) is 0 Å². The molecule has 10 heteroatoms. The Hall–Kier alpha value is -2.98. The van der Waals surface area contributed by atoms with E-state index in [0.29, 0.717) is 36.9 Å². The highest BCUT2D eigenvalue weighted by Gasteiger charge is 2.44. The Morgan fingerprint density at radius 1 is 1.20 bits per heavy atom. The van der Waals surface area contributed by atoms with Crippen molar-refractivity contribution in [2.45, 2.75) is 69.5 Å². The summed E-state index contributed by atoms with van der Waals surface area (Å²) in [5, 5.41) is 16.7. The number of carbonyl (C=O) groups excluding carboxylic acids is 2. The predicted octanol–water partition coefficient (Wildman–Crippen LogP) is 2.73. The molecule has 9 nitrogen and oxygen atoms in total. The number of hydrogen-bond donors (Lipinski definition) is 3. The number of amides is 2. The van der Waals surface area contributed by atoms with Gasteiger partial charge in [0.2, 0.25) is 17.7 Å². The van der Waals surface area contributed by atoms with E-state index in [1.54, 1.807) is 31.9 Å². The Labute approximate surface area is 240 Å². The number of aliphatic hydroxyl groups excluding tert-OH is 1. The van der Waals surface area contributed by atoms with Crippen molar-refractivity contribution in [2.24, 2.45) is 4.99 Å². The van der Waals surface area contributed by atoms with Crippen LogP contribution in [0.2, 0.25) is 5.02 Å². The Kier molecular flexibility index (Phi) is 10.2. The van der Waals surface area contributed by atoms with Crippen LogP contribution in [0.4, 0.5) is 0 Å². The number of likely N-dealkylation sites (N-methyl/N-ethyl adjacent to an activating group) is 1. The summed E-state index contributed by atoms with van der Waals surface area (Å²) in [7, 11) is 1.69.